The second-order valence-electron chi connectivity index (χ2n) is 6.13. The van der Waals surface area contributed by atoms with Gasteiger partial charge in [0.15, 0.2) is 0 Å². The molecular weight excluding hydrogens is 198 g/mol. The standard InChI is InChI=1S/C13H27N3/c1-9-10(2)16-8-6-7-11(16)13(3,4)15-12(9)14-5/h9-12,14-15H,6-8H2,1-5H3. The van der Waals surface area contributed by atoms with Crippen molar-refractivity contribution in [3.63, 3.8) is 0 Å². The highest BCUT2D eigenvalue weighted by Crippen LogP contribution is 2.34. The lowest BCUT2D eigenvalue weighted by molar-refractivity contribution is 0.129. The van der Waals surface area contributed by atoms with E-state index in [1.165, 1.54) is 19.4 Å². The zero-order valence-corrected chi connectivity index (χ0v) is 11.4. The maximum absolute atomic E-state index is 3.80. The van der Waals surface area contributed by atoms with Gasteiger partial charge in [-0.05, 0) is 53.1 Å². The predicted molar refractivity (Wildman–Crippen MR) is 68.4 cm³/mol. The smallest absolute Gasteiger partial charge is 0.0615 e. The third kappa shape index (κ3) is 1.89. The Hall–Kier alpha value is -0.120. The van der Waals surface area contributed by atoms with Crippen LogP contribution in [0.25, 0.3) is 0 Å². The van der Waals surface area contributed by atoms with E-state index in [1.807, 2.05) is 0 Å². The van der Waals surface area contributed by atoms with Crippen LogP contribution in [-0.2, 0) is 0 Å². The van der Waals surface area contributed by atoms with Crippen molar-refractivity contribution in [2.24, 2.45) is 5.92 Å². The Morgan fingerprint density at radius 1 is 1.31 bits per heavy atom. The molecule has 0 aliphatic carbocycles. The first-order chi connectivity index (χ1) is 7.47. The number of nitrogens with one attached hydrogen (secondary N) is 2. The van der Waals surface area contributed by atoms with Gasteiger partial charge in [0.2, 0.25) is 0 Å². The summed E-state index contributed by atoms with van der Waals surface area (Å²) in [4.78, 5) is 2.72. The van der Waals surface area contributed by atoms with Gasteiger partial charge in [-0.25, -0.2) is 0 Å². The van der Waals surface area contributed by atoms with Crippen LogP contribution in [0, 0.1) is 5.92 Å². The molecule has 4 atom stereocenters. The van der Waals surface area contributed by atoms with E-state index in [1.54, 1.807) is 0 Å². The highest BCUT2D eigenvalue weighted by Gasteiger charge is 2.45. The van der Waals surface area contributed by atoms with Gasteiger partial charge < -0.3 is 5.32 Å². The van der Waals surface area contributed by atoms with Gasteiger partial charge in [0, 0.05) is 17.6 Å². The third-order valence-electron chi connectivity index (χ3n) is 4.78. The van der Waals surface area contributed by atoms with Crippen LogP contribution in [0.2, 0.25) is 0 Å². The Morgan fingerprint density at radius 2 is 2.00 bits per heavy atom. The number of rotatable bonds is 1. The second kappa shape index (κ2) is 4.28. The van der Waals surface area contributed by atoms with E-state index in [0.29, 0.717) is 24.2 Å². The summed E-state index contributed by atoms with van der Waals surface area (Å²) in [5, 5.41) is 7.23. The van der Waals surface area contributed by atoms with Crippen molar-refractivity contribution in [1.82, 2.24) is 15.5 Å². The maximum Gasteiger partial charge on any atom is 0.0615 e. The van der Waals surface area contributed by atoms with Gasteiger partial charge in [0.05, 0.1) is 6.17 Å². The van der Waals surface area contributed by atoms with Gasteiger partial charge in [-0.3, -0.25) is 10.2 Å². The number of hydrogen-bond acceptors (Lipinski definition) is 3. The molecule has 2 saturated heterocycles. The Balaban J connectivity index is 2.27. The first-order valence-electron chi connectivity index (χ1n) is 6.68. The summed E-state index contributed by atoms with van der Waals surface area (Å²) >= 11 is 0. The van der Waals surface area contributed by atoms with Crippen molar-refractivity contribution in [2.75, 3.05) is 13.6 Å². The molecule has 2 rings (SSSR count). The minimum atomic E-state index is 0.212. The van der Waals surface area contributed by atoms with E-state index in [9.17, 15) is 0 Å². The van der Waals surface area contributed by atoms with Crippen LogP contribution in [0.4, 0.5) is 0 Å². The third-order valence-corrected chi connectivity index (χ3v) is 4.78. The summed E-state index contributed by atoms with van der Waals surface area (Å²) in [7, 11) is 2.06. The summed E-state index contributed by atoms with van der Waals surface area (Å²) in [6, 6.07) is 1.36. The van der Waals surface area contributed by atoms with Gasteiger partial charge in [-0.2, -0.15) is 0 Å². The van der Waals surface area contributed by atoms with Gasteiger partial charge in [0.25, 0.3) is 0 Å². The molecule has 4 unspecified atom stereocenters. The Labute approximate surface area is 100.0 Å². The molecule has 0 saturated carbocycles. The molecule has 0 aromatic carbocycles. The average Bonchev–Trinajstić information content (AvgIpc) is 2.70. The monoisotopic (exact) mass is 225 g/mol. The van der Waals surface area contributed by atoms with Gasteiger partial charge in [-0.1, -0.05) is 6.92 Å². The lowest BCUT2D eigenvalue weighted by Gasteiger charge is -2.38. The quantitative estimate of drug-likeness (QED) is 0.706. The Kier molecular flexibility index (Phi) is 3.30. The summed E-state index contributed by atoms with van der Waals surface area (Å²) in [6.07, 6.45) is 3.13. The Bertz CT molecular complexity index is 252. The number of nitrogens with zero attached hydrogens (tertiary/aromatic N) is 1. The van der Waals surface area contributed by atoms with Crippen molar-refractivity contribution >= 4 is 0 Å². The van der Waals surface area contributed by atoms with Crippen molar-refractivity contribution in [1.29, 1.82) is 0 Å². The number of fused-ring (bicyclic) bond motifs is 1. The van der Waals surface area contributed by atoms with Crippen LogP contribution < -0.4 is 10.6 Å². The molecule has 2 aliphatic rings. The van der Waals surface area contributed by atoms with E-state index in [0.717, 1.165) is 0 Å². The average molecular weight is 225 g/mol. The van der Waals surface area contributed by atoms with Crippen LogP contribution in [-0.4, -0.2) is 42.3 Å². The number of hydrogen-bond donors (Lipinski definition) is 2. The molecule has 3 nitrogen and oxygen atoms in total. The molecule has 16 heavy (non-hydrogen) atoms. The molecule has 94 valence electrons. The van der Waals surface area contributed by atoms with Crippen molar-refractivity contribution < 1.29 is 0 Å². The van der Waals surface area contributed by atoms with Crippen LogP contribution in [0.5, 0.6) is 0 Å². The molecule has 0 bridgehead atoms. The predicted octanol–water partition coefficient (Wildman–Crippen LogP) is 1.40. The molecule has 0 aromatic heterocycles. The molecular formula is C13H27N3. The van der Waals surface area contributed by atoms with E-state index < -0.39 is 0 Å². The van der Waals surface area contributed by atoms with E-state index in [4.69, 9.17) is 0 Å². The molecule has 2 heterocycles. The summed E-state index contributed by atoms with van der Waals surface area (Å²) in [5.41, 5.74) is 0.212. The SMILES string of the molecule is CNC1NC(C)(C)C2CCCN2C(C)C1C. The maximum atomic E-state index is 3.80. The van der Waals surface area contributed by atoms with Crippen LogP contribution in [0.15, 0.2) is 0 Å². The largest absolute Gasteiger partial charge is 0.305 e. The normalized spacial score (nSPS) is 44.1. The molecule has 3 heteroatoms. The fourth-order valence-corrected chi connectivity index (χ4v) is 3.60. The van der Waals surface area contributed by atoms with Gasteiger partial charge in [0.1, 0.15) is 0 Å². The van der Waals surface area contributed by atoms with Gasteiger partial charge in [-0.15, -0.1) is 0 Å². The fourth-order valence-electron chi connectivity index (χ4n) is 3.60. The van der Waals surface area contributed by atoms with Crippen LogP contribution in [0.3, 0.4) is 0 Å². The molecule has 0 spiro atoms. The van der Waals surface area contributed by atoms with Crippen molar-refractivity contribution in [3.05, 3.63) is 0 Å². The molecule has 2 aliphatic heterocycles. The highest BCUT2D eigenvalue weighted by molar-refractivity contribution is 5.03. The summed E-state index contributed by atoms with van der Waals surface area (Å²) in [6.45, 7) is 10.7. The highest BCUT2D eigenvalue weighted by atomic mass is 15.3. The molecule has 2 fully saturated rings. The van der Waals surface area contributed by atoms with Gasteiger partial charge >= 0.3 is 0 Å². The lowest BCUT2D eigenvalue weighted by Crippen LogP contribution is -2.58. The fraction of sp³-hybridized carbons (Fsp3) is 1.00. The van der Waals surface area contributed by atoms with E-state index in [-0.39, 0.29) is 5.54 Å². The zero-order valence-electron chi connectivity index (χ0n) is 11.4. The Morgan fingerprint density at radius 3 is 2.62 bits per heavy atom. The molecule has 0 amide bonds. The molecule has 0 aromatic rings. The summed E-state index contributed by atoms with van der Waals surface area (Å²) < 4.78 is 0. The second-order valence-corrected chi connectivity index (χ2v) is 6.13. The minimum absolute atomic E-state index is 0.212. The first kappa shape index (κ1) is 12.3. The van der Waals surface area contributed by atoms with Crippen molar-refractivity contribution in [2.45, 2.75) is 64.3 Å². The first-order valence-corrected chi connectivity index (χ1v) is 6.68. The zero-order chi connectivity index (χ0) is 11.9. The minimum Gasteiger partial charge on any atom is -0.305 e. The van der Waals surface area contributed by atoms with Crippen molar-refractivity contribution in [3.8, 4) is 0 Å². The van der Waals surface area contributed by atoms with Crippen LogP contribution >= 0.6 is 0 Å². The van der Waals surface area contributed by atoms with Crippen LogP contribution in [0.1, 0.15) is 40.5 Å². The lowest BCUT2D eigenvalue weighted by atomic mass is 9.92. The molecule has 0 radical (unpaired) electrons. The molecule has 2 N–H and O–H groups in total. The summed E-state index contributed by atoms with van der Waals surface area (Å²) in [5.74, 6) is 0.646. The van der Waals surface area contributed by atoms with E-state index >= 15 is 0 Å². The van der Waals surface area contributed by atoms with E-state index in [2.05, 4.69) is 50.3 Å². The topological polar surface area (TPSA) is 27.3 Å².